The van der Waals surface area contributed by atoms with Crippen molar-refractivity contribution in [3.63, 3.8) is 0 Å². The van der Waals surface area contributed by atoms with Gasteiger partial charge in [-0.3, -0.25) is 0 Å². The predicted octanol–water partition coefficient (Wildman–Crippen LogP) is 0.719. The van der Waals surface area contributed by atoms with Crippen molar-refractivity contribution >= 4 is 8.25 Å². The van der Waals surface area contributed by atoms with Crippen molar-refractivity contribution in [2.24, 2.45) is 0 Å². The van der Waals surface area contributed by atoms with E-state index in [1.807, 2.05) is 0 Å². The Morgan fingerprint density at radius 1 is 1.00 bits per heavy atom. The van der Waals surface area contributed by atoms with E-state index in [0.29, 0.717) is 0 Å². The molecule has 0 radical (unpaired) electrons. The summed E-state index contributed by atoms with van der Waals surface area (Å²) in [4.78, 5) is 0. The molecular formula is C10H18O7P+. The quantitative estimate of drug-likeness (QED) is 0.346. The van der Waals surface area contributed by atoms with Crippen molar-refractivity contribution in [1.29, 1.82) is 0 Å². The maximum Gasteiger partial charge on any atom is 0.698 e. The van der Waals surface area contributed by atoms with Crippen LogP contribution in [0.5, 0.6) is 0 Å². The standard InChI is InChI=1S/C10H18O7P/c1-14-9(11)5-3-7-16-18(13)17-8-4-6-10(12)15-2/h3-6,9-12H,7-8H2,1-2H3/q+1. The summed E-state index contributed by atoms with van der Waals surface area (Å²) in [5.74, 6) is 0. The molecule has 0 amide bonds. The number of methoxy groups -OCH3 is 2. The summed E-state index contributed by atoms with van der Waals surface area (Å²) in [7, 11) is 0.447. The van der Waals surface area contributed by atoms with E-state index in [-0.39, 0.29) is 13.2 Å². The van der Waals surface area contributed by atoms with Gasteiger partial charge in [-0.15, -0.1) is 9.05 Å². The fourth-order valence-corrected chi connectivity index (χ4v) is 1.24. The van der Waals surface area contributed by atoms with E-state index in [1.54, 1.807) is 0 Å². The predicted molar refractivity (Wildman–Crippen MR) is 63.8 cm³/mol. The SMILES string of the molecule is COC(O)C=CCO[P+](=O)OCC=CC(O)OC. The van der Waals surface area contributed by atoms with Crippen LogP contribution < -0.4 is 0 Å². The molecule has 0 heterocycles. The average Bonchev–Trinajstić information content (AvgIpc) is 2.38. The Kier molecular flexibility index (Phi) is 11.0. The van der Waals surface area contributed by atoms with Crippen LogP contribution in [0.25, 0.3) is 0 Å². The van der Waals surface area contributed by atoms with E-state index in [4.69, 9.17) is 19.3 Å². The molecule has 0 saturated heterocycles. The van der Waals surface area contributed by atoms with Gasteiger partial charge in [0.15, 0.2) is 12.6 Å². The highest BCUT2D eigenvalue weighted by molar-refractivity contribution is 7.33. The van der Waals surface area contributed by atoms with Crippen molar-refractivity contribution in [2.75, 3.05) is 27.4 Å². The highest BCUT2D eigenvalue weighted by Crippen LogP contribution is 2.23. The first-order chi connectivity index (χ1) is 8.60. The second-order valence-corrected chi connectivity index (χ2v) is 3.89. The molecule has 0 aliphatic carbocycles. The normalized spacial score (nSPS) is 16.3. The van der Waals surface area contributed by atoms with Gasteiger partial charge in [-0.1, -0.05) is 12.2 Å². The Hall–Kier alpha value is -0.660. The molecule has 2 unspecified atom stereocenters. The zero-order chi connectivity index (χ0) is 13.8. The Balaban J connectivity index is 3.60. The Morgan fingerprint density at radius 3 is 1.72 bits per heavy atom. The monoisotopic (exact) mass is 281 g/mol. The van der Waals surface area contributed by atoms with E-state index in [9.17, 15) is 4.57 Å². The van der Waals surface area contributed by atoms with Crippen LogP contribution in [0.2, 0.25) is 0 Å². The van der Waals surface area contributed by atoms with Gasteiger partial charge < -0.3 is 19.7 Å². The van der Waals surface area contributed by atoms with Gasteiger partial charge in [0.1, 0.15) is 13.2 Å². The van der Waals surface area contributed by atoms with Gasteiger partial charge in [-0.2, -0.15) is 0 Å². The molecule has 0 aromatic carbocycles. The van der Waals surface area contributed by atoms with Crippen molar-refractivity contribution in [3.05, 3.63) is 24.3 Å². The number of hydrogen-bond acceptors (Lipinski definition) is 7. The summed E-state index contributed by atoms with van der Waals surface area (Å²) in [6.07, 6.45) is 3.58. The molecule has 0 aromatic rings. The lowest BCUT2D eigenvalue weighted by Gasteiger charge is -1.99. The lowest BCUT2D eigenvalue weighted by atomic mass is 10.5. The lowest BCUT2D eigenvalue weighted by molar-refractivity contribution is -0.0362. The first-order valence-corrected chi connectivity index (χ1v) is 6.17. The molecule has 0 aliphatic rings. The smallest absolute Gasteiger partial charge is 0.365 e. The van der Waals surface area contributed by atoms with Crippen LogP contribution in [0.4, 0.5) is 0 Å². The van der Waals surface area contributed by atoms with Gasteiger partial charge in [0, 0.05) is 18.8 Å². The molecular weight excluding hydrogens is 263 g/mol. The molecule has 0 aliphatic heterocycles. The van der Waals surface area contributed by atoms with E-state index < -0.39 is 20.8 Å². The lowest BCUT2D eigenvalue weighted by Crippen LogP contribution is -2.04. The first kappa shape index (κ1) is 17.3. The summed E-state index contributed by atoms with van der Waals surface area (Å²) in [5.41, 5.74) is 0. The van der Waals surface area contributed by atoms with E-state index >= 15 is 0 Å². The molecule has 0 spiro atoms. The second-order valence-electron chi connectivity index (χ2n) is 2.92. The van der Waals surface area contributed by atoms with Gasteiger partial charge in [0.05, 0.1) is 0 Å². The average molecular weight is 281 g/mol. The molecule has 7 nitrogen and oxygen atoms in total. The maximum atomic E-state index is 11.1. The highest BCUT2D eigenvalue weighted by atomic mass is 31.1. The zero-order valence-electron chi connectivity index (χ0n) is 10.3. The van der Waals surface area contributed by atoms with Crippen LogP contribution in [0, 0.1) is 0 Å². The second kappa shape index (κ2) is 11.4. The summed E-state index contributed by atoms with van der Waals surface area (Å²) < 4.78 is 29.7. The highest BCUT2D eigenvalue weighted by Gasteiger charge is 2.17. The first-order valence-electron chi connectivity index (χ1n) is 5.08. The van der Waals surface area contributed by atoms with Crippen LogP contribution in [0.1, 0.15) is 0 Å². The number of hydrogen-bond donors (Lipinski definition) is 2. The van der Waals surface area contributed by atoms with Gasteiger partial charge in [0.25, 0.3) is 0 Å². The van der Waals surface area contributed by atoms with Crippen LogP contribution in [0.15, 0.2) is 24.3 Å². The minimum Gasteiger partial charge on any atom is -0.365 e. The minimum atomic E-state index is -2.25. The van der Waals surface area contributed by atoms with E-state index in [2.05, 4.69) is 9.47 Å². The van der Waals surface area contributed by atoms with E-state index in [1.165, 1.54) is 38.5 Å². The summed E-state index contributed by atoms with van der Waals surface area (Å²) in [6, 6.07) is 0. The third kappa shape index (κ3) is 10.5. The van der Waals surface area contributed by atoms with Crippen molar-refractivity contribution < 1.29 is 33.3 Å². The summed E-state index contributed by atoms with van der Waals surface area (Å²) >= 11 is 0. The van der Waals surface area contributed by atoms with Crippen LogP contribution >= 0.6 is 8.25 Å². The fraction of sp³-hybridized carbons (Fsp3) is 0.600. The molecule has 0 saturated carbocycles. The molecule has 0 aromatic heterocycles. The van der Waals surface area contributed by atoms with E-state index in [0.717, 1.165) is 0 Å². The van der Waals surface area contributed by atoms with Crippen LogP contribution in [-0.2, 0) is 23.1 Å². The van der Waals surface area contributed by atoms with Crippen LogP contribution in [-0.4, -0.2) is 50.2 Å². The maximum absolute atomic E-state index is 11.1. The van der Waals surface area contributed by atoms with Gasteiger partial charge in [-0.05, 0) is 12.2 Å². The minimum absolute atomic E-state index is 0.0278. The topological polar surface area (TPSA) is 94.5 Å². The summed E-state index contributed by atoms with van der Waals surface area (Å²) in [6.45, 7) is 0.0556. The molecule has 104 valence electrons. The molecule has 2 N–H and O–H groups in total. The fourth-order valence-electron chi connectivity index (χ4n) is 0.746. The van der Waals surface area contributed by atoms with Crippen molar-refractivity contribution in [1.82, 2.24) is 0 Å². The van der Waals surface area contributed by atoms with Gasteiger partial charge in [0.2, 0.25) is 0 Å². The molecule has 2 atom stereocenters. The molecule has 0 bridgehead atoms. The largest absolute Gasteiger partial charge is 0.698 e. The molecule has 18 heavy (non-hydrogen) atoms. The number of ether oxygens (including phenoxy) is 2. The molecule has 0 rings (SSSR count). The van der Waals surface area contributed by atoms with Gasteiger partial charge >= 0.3 is 8.25 Å². The Bertz CT molecular complexity index is 253. The molecule has 8 heteroatoms. The Labute approximate surface area is 107 Å². The van der Waals surface area contributed by atoms with Crippen LogP contribution in [0.3, 0.4) is 0 Å². The number of rotatable bonds is 10. The van der Waals surface area contributed by atoms with Gasteiger partial charge in [-0.25, -0.2) is 0 Å². The third-order valence-corrected chi connectivity index (χ3v) is 2.36. The number of aliphatic hydroxyl groups is 2. The number of aliphatic hydroxyl groups excluding tert-OH is 2. The molecule has 0 fully saturated rings. The zero-order valence-corrected chi connectivity index (χ0v) is 11.2. The third-order valence-electron chi connectivity index (χ3n) is 1.64. The summed E-state index contributed by atoms with van der Waals surface area (Å²) in [5, 5.41) is 17.9. The van der Waals surface area contributed by atoms with Crippen molar-refractivity contribution in [3.8, 4) is 0 Å². The Morgan fingerprint density at radius 2 is 1.39 bits per heavy atom. The van der Waals surface area contributed by atoms with Crippen molar-refractivity contribution in [2.45, 2.75) is 12.6 Å².